The number of rotatable bonds is 3. The Bertz CT molecular complexity index is 592. The van der Waals surface area contributed by atoms with E-state index in [1.807, 2.05) is 0 Å². The monoisotopic (exact) mass is 285 g/mol. The van der Waals surface area contributed by atoms with Crippen LogP contribution in [0, 0.1) is 11.6 Å². The van der Waals surface area contributed by atoms with Crippen LogP contribution in [0.2, 0.25) is 5.22 Å². The Labute approximate surface area is 113 Å². The molecular weight excluding hydrogens is 276 g/mol. The van der Waals surface area contributed by atoms with Gasteiger partial charge in [-0.05, 0) is 42.8 Å². The third kappa shape index (κ3) is 2.93. The van der Waals surface area contributed by atoms with Gasteiger partial charge in [0, 0.05) is 5.56 Å². The van der Waals surface area contributed by atoms with E-state index in [0.29, 0.717) is 0 Å². The van der Waals surface area contributed by atoms with E-state index < -0.39 is 23.6 Å². The van der Waals surface area contributed by atoms with Gasteiger partial charge in [0.2, 0.25) is 0 Å². The number of hydrogen-bond acceptors (Lipinski definition) is 2. The van der Waals surface area contributed by atoms with Crippen molar-refractivity contribution >= 4 is 17.5 Å². The van der Waals surface area contributed by atoms with Crippen LogP contribution in [0.3, 0.4) is 0 Å². The molecule has 0 saturated heterocycles. The number of amides is 1. The summed E-state index contributed by atoms with van der Waals surface area (Å²) in [7, 11) is 0. The topological polar surface area (TPSA) is 42.2 Å². The molecule has 3 nitrogen and oxygen atoms in total. The van der Waals surface area contributed by atoms with Crippen molar-refractivity contribution in [1.82, 2.24) is 5.32 Å². The van der Waals surface area contributed by atoms with Crippen LogP contribution in [-0.4, -0.2) is 5.91 Å². The second-order valence-corrected chi connectivity index (χ2v) is 4.31. The maximum Gasteiger partial charge on any atom is 0.287 e. The van der Waals surface area contributed by atoms with Crippen molar-refractivity contribution in [3.8, 4) is 0 Å². The number of furan rings is 1. The Morgan fingerprint density at radius 1 is 1.26 bits per heavy atom. The largest absolute Gasteiger partial charge is 0.440 e. The summed E-state index contributed by atoms with van der Waals surface area (Å²) in [5.41, 5.74) is -0.200. The van der Waals surface area contributed by atoms with Crippen LogP contribution in [0.1, 0.15) is 29.1 Å². The molecule has 0 bridgehead atoms. The van der Waals surface area contributed by atoms with Gasteiger partial charge in [0.05, 0.1) is 6.04 Å². The molecule has 100 valence electrons. The Kier molecular flexibility index (Phi) is 3.85. The van der Waals surface area contributed by atoms with Crippen LogP contribution in [0.15, 0.2) is 34.7 Å². The van der Waals surface area contributed by atoms with E-state index in [4.69, 9.17) is 16.0 Å². The van der Waals surface area contributed by atoms with E-state index in [1.54, 1.807) is 0 Å². The summed E-state index contributed by atoms with van der Waals surface area (Å²) in [5, 5.41) is 2.50. The molecule has 1 aromatic carbocycles. The fourth-order valence-electron chi connectivity index (χ4n) is 1.70. The standard InChI is InChI=1S/C13H10ClF2NO2/c1-7(12-8(15)3-2-4-9(12)16)17-13(18)10-5-6-11(14)19-10/h2-7H,1H3,(H,17,18). The van der Waals surface area contributed by atoms with Crippen molar-refractivity contribution in [1.29, 1.82) is 0 Å². The molecule has 1 unspecified atom stereocenters. The highest BCUT2D eigenvalue weighted by Gasteiger charge is 2.20. The molecule has 1 atom stereocenters. The smallest absolute Gasteiger partial charge is 0.287 e. The minimum atomic E-state index is -0.836. The van der Waals surface area contributed by atoms with Gasteiger partial charge in [0.25, 0.3) is 5.91 Å². The third-order valence-electron chi connectivity index (χ3n) is 2.58. The normalized spacial score (nSPS) is 12.2. The Balaban J connectivity index is 2.17. The quantitative estimate of drug-likeness (QED) is 0.934. The lowest BCUT2D eigenvalue weighted by Crippen LogP contribution is -2.27. The molecule has 2 aromatic rings. The number of nitrogens with one attached hydrogen (secondary N) is 1. The summed E-state index contributed by atoms with van der Waals surface area (Å²) in [4.78, 5) is 11.8. The van der Waals surface area contributed by atoms with Gasteiger partial charge in [-0.1, -0.05) is 6.07 Å². The van der Waals surface area contributed by atoms with Crippen LogP contribution in [0.5, 0.6) is 0 Å². The van der Waals surface area contributed by atoms with Gasteiger partial charge in [-0.3, -0.25) is 4.79 Å². The zero-order valence-electron chi connectivity index (χ0n) is 9.91. The minimum absolute atomic E-state index is 0.0198. The maximum absolute atomic E-state index is 13.5. The Morgan fingerprint density at radius 2 is 1.89 bits per heavy atom. The zero-order chi connectivity index (χ0) is 14.0. The molecule has 0 saturated carbocycles. The number of hydrogen-bond donors (Lipinski definition) is 1. The number of carbonyl (C=O) groups excluding carboxylic acids is 1. The van der Waals surface area contributed by atoms with E-state index in [0.717, 1.165) is 12.1 Å². The molecule has 6 heteroatoms. The summed E-state index contributed by atoms with van der Waals surface area (Å²) in [6.07, 6.45) is 0. The highest BCUT2D eigenvalue weighted by Crippen LogP contribution is 2.21. The van der Waals surface area contributed by atoms with Crippen LogP contribution in [0.4, 0.5) is 8.78 Å². The summed E-state index contributed by atoms with van der Waals surface area (Å²) in [5.74, 6) is -2.05. The van der Waals surface area contributed by atoms with E-state index in [2.05, 4.69) is 5.32 Å². The number of benzene rings is 1. The SMILES string of the molecule is CC(NC(=O)c1ccc(Cl)o1)c1c(F)cccc1F. The molecule has 0 spiro atoms. The average Bonchev–Trinajstić information content (AvgIpc) is 2.75. The summed E-state index contributed by atoms with van der Waals surface area (Å²) >= 11 is 5.54. The van der Waals surface area contributed by atoms with Crippen molar-refractivity contribution < 1.29 is 18.0 Å². The minimum Gasteiger partial charge on any atom is -0.440 e. The molecule has 2 rings (SSSR count). The molecule has 1 N–H and O–H groups in total. The predicted octanol–water partition coefficient (Wildman–Crippen LogP) is 3.70. The van der Waals surface area contributed by atoms with Gasteiger partial charge in [0.1, 0.15) is 11.6 Å². The molecule has 0 aliphatic heterocycles. The lowest BCUT2D eigenvalue weighted by Gasteiger charge is -2.14. The van der Waals surface area contributed by atoms with Crippen LogP contribution >= 0.6 is 11.6 Å². The first-order valence-corrected chi connectivity index (χ1v) is 5.87. The van der Waals surface area contributed by atoms with E-state index in [1.165, 1.54) is 25.1 Å². The Morgan fingerprint density at radius 3 is 2.42 bits per heavy atom. The van der Waals surface area contributed by atoms with Gasteiger partial charge < -0.3 is 9.73 Å². The average molecular weight is 286 g/mol. The van der Waals surface area contributed by atoms with Crippen molar-refractivity contribution in [3.05, 3.63) is 58.5 Å². The van der Waals surface area contributed by atoms with Gasteiger partial charge in [-0.2, -0.15) is 0 Å². The molecule has 0 fully saturated rings. The van der Waals surface area contributed by atoms with Gasteiger partial charge in [-0.25, -0.2) is 8.78 Å². The molecule has 0 aliphatic carbocycles. The molecule has 1 amide bonds. The fraction of sp³-hybridized carbons (Fsp3) is 0.154. The van der Waals surface area contributed by atoms with Crippen molar-refractivity contribution in [2.45, 2.75) is 13.0 Å². The third-order valence-corrected chi connectivity index (χ3v) is 2.78. The van der Waals surface area contributed by atoms with Gasteiger partial charge in [-0.15, -0.1) is 0 Å². The number of carbonyl (C=O) groups is 1. The molecule has 19 heavy (non-hydrogen) atoms. The second kappa shape index (κ2) is 5.40. The Hall–Kier alpha value is -1.88. The van der Waals surface area contributed by atoms with Crippen molar-refractivity contribution in [2.75, 3.05) is 0 Å². The molecular formula is C13H10ClF2NO2. The number of halogens is 3. The summed E-state index contributed by atoms with van der Waals surface area (Å²) < 4.78 is 32.0. The molecule has 0 aliphatic rings. The maximum atomic E-state index is 13.5. The first kappa shape index (κ1) is 13.5. The molecule has 1 aromatic heterocycles. The van der Waals surface area contributed by atoms with Crippen LogP contribution < -0.4 is 5.32 Å². The lowest BCUT2D eigenvalue weighted by atomic mass is 10.1. The molecule has 1 heterocycles. The lowest BCUT2D eigenvalue weighted by molar-refractivity contribution is 0.0911. The highest BCUT2D eigenvalue weighted by molar-refractivity contribution is 6.29. The van der Waals surface area contributed by atoms with E-state index >= 15 is 0 Å². The van der Waals surface area contributed by atoms with E-state index in [-0.39, 0.29) is 16.5 Å². The first-order valence-electron chi connectivity index (χ1n) is 5.49. The van der Waals surface area contributed by atoms with Gasteiger partial charge >= 0.3 is 0 Å². The van der Waals surface area contributed by atoms with Crippen molar-refractivity contribution in [2.24, 2.45) is 0 Å². The fourth-order valence-corrected chi connectivity index (χ4v) is 1.85. The summed E-state index contributed by atoms with van der Waals surface area (Å²) in [6.45, 7) is 1.48. The second-order valence-electron chi connectivity index (χ2n) is 3.93. The van der Waals surface area contributed by atoms with Crippen LogP contribution in [-0.2, 0) is 0 Å². The van der Waals surface area contributed by atoms with Crippen molar-refractivity contribution in [3.63, 3.8) is 0 Å². The van der Waals surface area contributed by atoms with E-state index in [9.17, 15) is 13.6 Å². The zero-order valence-corrected chi connectivity index (χ0v) is 10.7. The highest BCUT2D eigenvalue weighted by atomic mass is 35.5. The predicted molar refractivity (Wildman–Crippen MR) is 66.0 cm³/mol. The van der Waals surface area contributed by atoms with Gasteiger partial charge in [0.15, 0.2) is 11.0 Å². The first-order chi connectivity index (χ1) is 8.99. The molecule has 0 radical (unpaired) electrons. The van der Waals surface area contributed by atoms with Crippen LogP contribution in [0.25, 0.3) is 0 Å². The summed E-state index contributed by atoms with van der Waals surface area (Å²) in [6, 6.07) is 5.47.